The first-order valence-corrected chi connectivity index (χ1v) is 4.85. The van der Waals surface area contributed by atoms with Crippen LogP contribution in [0.5, 0.6) is 0 Å². The third-order valence-corrected chi connectivity index (χ3v) is 1.91. The summed E-state index contributed by atoms with van der Waals surface area (Å²) in [5.74, 6) is 0. The number of hydrogen-bond acceptors (Lipinski definition) is 1. The lowest BCUT2D eigenvalue weighted by molar-refractivity contribution is 1.33. The first-order valence-electron chi connectivity index (χ1n) is 4.85. The van der Waals surface area contributed by atoms with Crippen LogP contribution in [0.3, 0.4) is 0 Å². The van der Waals surface area contributed by atoms with Crippen LogP contribution < -0.4 is 5.32 Å². The van der Waals surface area contributed by atoms with Crippen molar-refractivity contribution >= 4 is 5.69 Å². The molecule has 0 aliphatic carbocycles. The van der Waals surface area contributed by atoms with Crippen LogP contribution in [-0.4, -0.2) is 0 Å². The average Bonchev–Trinajstić information content (AvgIpc) is 2.01. The first kappa shape index (κ1) is 10.6. The molecule has 0 amide bonds. The smallest absolute Gasteiger partial charge is 0.0547 e. The van der Waals surface area contributed by atoms with Gasteiger partial charge in [0.05, 0.1) is 5.70 Å². The van der Waals surface area contributed by atoms with Crippen LogP contribution in [0.15, 0.2) is 35.7 Å². The van der Waals surface area contributed by atoms with E-state index in [1.165, 1.54) is 11.1 Å². The molecule has 0 spiro atoms. The fourth-order valence-electron chi connectivity index (χ4n) is 1.52. The van der Waals surface area contributed by atoms with Crippen LogP contribution in [0.4, 0.5) is 5.69 Å². The van der Waals surface area contributed by atoms with Gasteiger partial charge in [0.15, 0.2) is 0 Å². The second-order valence-electron chi connectivity index (χ2n) is 3.56. The molecule has 1 heteroatoms. The van der Waals surface area contributed by atoms with Crippen molar-refractivity contribution in [3.05, 3.63) is 46.8 Å². The van der Waals surface area contributed by atoms with E-state index in [-0.39, 0.29) is 0 Å². The Hall–Kier alpha value is -1.46. The molecular weight excluding hydrogens is 170 g/mol. The first-order chi connectivity index (χ1) is 6.61. The van der Waals surface area contributed by atoms with Crippen LogP contribution >= 0.6 is 0 Å². The minimum absolute atomic E-state index is 1.04. The lowest BCUT2D eigenvalue weighted by atomic mass is 10.1. The van der Waals surface area contributed by atoms with Gasteiger partial charge in [0.1, 0.15) is 0 Å². The van der Waals surface area contributed by atoms with E-state index < -0.39 is 0 Å². The van der Waals surface area contributed by atoms with E-state index in [9.17, 15) is 0 Å². The molecule has 1 aromatic rings. The number of benzene rings is 1. The largest absolute Gasteiger partial charge is 0.353 e. The Labute approximate surface area is 86.2 Å². The normalized spacial score (nSPS) is 9.14. The Kier molecular flexibility index (Phi) is 3.55. The van der Waals surface area contributed by atoms with E-state index >= 15 is 0 Å². The van der Waals surface area contributed by atoms with Crippen LogP contribution in [-0.2, 0) is 0 Å². The van der Waals surface area contributed by atoms with Crippen LogP contribution in [0.1, 0.15) is 25.0 Å². The topological polar surface area (TPSA) is 12.0 Å². The molecular formula is C13H17N. The van der Waals surface area contributed by atoms with Gasteiger partial charge in [0.2, 0.25) is 0 Å². The number of rotatable bonds is 2. The maximum absolute atomic E-state index is 3.30. The molecule has 1 aromatic carbocycles. The summed E-state index contributed by atoms with van der Waals surface area (Å²) < 4.78 is 0. The molecule has 0 atom stereocenters. The Morgan fingerprint density at radius 3 is 2.29 bits per heavy atom. The molecule has 14 heavy (non-hydrogen) atoms. The van der Waals surface area contributed by atoms with Crippen molar-refractivity contribution in [2.75, 3.05) is 5.32 Å². The second kappa shape index (κ2) is 4.69. The van der Waals surface area contributed by atoms with Gasteiger partial charge >= 0.3 is 0 Å². The van der Waals surface area contributed by atoms with Gasteiger partial charge in [-0.1, -0.05) is 6.07 Å². The number of allylic oxidation sites excluding steroid dienone is 1. The van der Waals surface area contributed by atoms with Crippen molar-refractivity contribution < 1.29 is 0 Å². The highest BCUT2D eigenvalue weighted by molar-refractivity contribution is 5.51. The molecule has 0 saturated heterocycles. The van der Waals surface area contributed by atoms with E-state index in [4.69, 9.17) is 0 Å². The molecule has 0 aliphatic heterocycles. The summed E-state index contributed by atoms with van der Waals surface area (Å²) in [6.45, 7) is 8.18. The minimum atomic E-state index is 1.04. The summed E-state index contributed by atoms with van der Waals surface area (Å²) in [6, 6.07) is 6.43. The van der Waals surface area contributed by atoms with Gasteiger partial charge in [-0.15, -0.1) is 5.73 Å². The summed E-state index contributed by atoms with van der Waals surface area (Å²) in [5.41, 5.74) is 7.84. The fourth-order valence-corrected chi connectivity index (χ4v) is 1.52. The van der Waals surface area contributed by atoms with Gasteiger partial charge in [0, 0.05) is 5.69 Å². The van der Waals surface area contributed by atoms with E-state index in [2.05, 4.69) is 43.1 Å². The van der Waals surface area contributed by atoms with Crippen LogP contribution in [0.2, 0.25) is 0 Å². The molecule has 0 radical (unpaired) electrons. The third kappa shape index (κ3) is 3.12. The molecule has 0 fully saturated rings. The predicted octanol–water partition coefficient (Wildman–Crippen LogP) is 3.79. The van der Waals surface area contributed by atoms with Gasteiger partial charge in [-0.25, -0.2) is 0 Å². The molecule has 0 aliphatic rings. The molecule has 74 valence electrons. The van der Waals surface area contributed by atoms with Gasteiger partial charge in [0.25, 0.3) is 0 Å². The maximum Gasteiger partial charge on any atom is 0.0547 e. The zero-order chi connectivity index (χ0) is 10.6. The predicted molar refractivity (Wildman–Crippen MR) is 62.5 cm³/mol. The minimum Gasteiger partial charge on any atom is -0.353 e. The second-order valence-corrected chi connectivity index (χ2v) is 3.56. The van der Waals surface area contributed by atoms with E-state index in [1.807, 2.05) is 19.9 Å². The van der Waals surface area contributed by atoms with Crippen LogP contribution in [0, 0.1) is 13.8 Å². The monoisotopic (exact) mass is 187 g/mol. The zero-order valence-electron chi connectivity index (χ0n) is 9.31. The SMILES string of the molecule is CC=C=C(C)Nc1cc(C)cc(C)c1. The van der Waals surface area contributed by atoms with E-state index in [0.717, 1.165) is 11.4 Å². The van der Waals surface area contributed by atoms with Gasteiger partial charge in [-0.3, -0.25) is 0 Å². The van der Waals surface area contributed by atoms with Gasteiger partial charge in [-0.05, 0) is 57.0 Å². The summed E-state index contributed by atoms with van der Waals surface area (Å²) in [5, 5.41) is 3.30. The molecule has 1 nitrogen and oxygen atoms in total. The molecule has 0 saturated carbocycles. The summed E-state index contributed by atoms with van der Waals surface area (Å²) in [6.07, 6.45) is 1.91. The van der Waals surface area contributed by atoms with Crippen molar-refractivity contribution in [3.8, 4) is 0 Å². The highest BCUT2D eigenvalue weighted by Crippen LogP contribution is 2.15. The van der Waals surface area contributed by atoms with Gasteiger partial charge < -0.3 is 5.32 Å². The zero-order valence-corrected chi connectivity index (χ0v) is 9.31. The van der Waals surface area contributed by atoms with Crippen LogP contribution in [0.25, 0.3) is 0 Å². The number of anilines is 1. The Morgan fingerprint density at radius 1 is 1.21 bits per heavy atom. The van der Waals surface area contributed by atoms with Crippen molar-refractivity contribution in [3.63, 3.8) is 0 Å². The lowest BCUT2D eigenvalue weighted by Crippen LogP contribution is -1.95. The molecule has 0 aromatic heterocycles. The van der Waals surface area contributed by atoms with Crippen molar-refractivity contribution in [1.82, 2.24) is 0 Å². The molecule has 0 heterocycles. The maximum atomic E-state index is 3.30. The number of nitrogens with one attached hydrogen (secondary N) is 1. The molecule has 1 rings (SSSR count). The summed E-state index contributed by atoms with van der Waals surface area (Å²) in [4.78, 5) is 0. The number of hydrogen-bond donors (Lipinski definition) is 1. The van der Waals surface area contributed by atoms with E-state index in [1.54, 1.807) is 0 Å². The standard InChI is InChI=1S/C13H17N/c1-5-6-12(4)14-13-8-10(2)7-11(3)9-13/h5,7-9,14H,1-4H3. The molecule has 0 unspecified atom stereocenters. The lowest BCUT2D eigenvalue weighted by Gasteiger charge is -2.06. The van der Waals surface area contributed by atoms with Crippen molar-refractivity contribution in [1.29, 1.82) is 0 Å². The van der Waals surface area contributed by atoms with Gasteiger partial charge in [-0.2, -0.15) is 0 Å². The Bertz CT molecular complexity index is 362. The Morgan fingerprint density at radius 2 is 1.79 bits per heavy atom. The molecule has 0 bridgehead atoms. The summed E-state index contributed by atoms with van der Waals surface area (Å²) in [7, 11) is 0. The van der Waals surface area contributed by atoms with E-state index in [0.29, 0.717) is 0 Å². The molecule has 1 N–H and O–H groups in total. The number of aryl methyl sites for hydroxylation is 2. The summed E-state index contributed by atoms with van der Waals surface area (Å²) >= 11 is 0. The highest BCUT2D eigenvalue weighted by Gasteiger charge is 1.94. The Balaban J connectivity index is 2.92. The van der Waals surface area contributed by atoms with Crippen molar-refractivity contribution in [2.45, 2.75) is 27.7 Å². The highest BCUT2D eigenvalue weighted by atomic mass is 14.9. The fraction of sp³-hybridized carbons (Fsp3) is 0.308. The quantitative estimate of drug-likeness (QED) is 0.694. The van der Waals surface area contributed by atoms with Crippen molar-refractivity contribution in [2.24, 2.45) is 0 Å². The third-order valence-electron chi connectivity index (χ3n) is 1.91. The average molecular weight is 187 g/mol.